The molecule has 0 saturated heterocycles. The lowest BCUT2D eigenvalue weighted by Crippen LogP contribution is -2.23. The van der Waals surface area contributed by atoms with Crippen LogP contribution in [0.2, 0.25) is 0 Å². The predicted molar refractivity (Wildman–Crippen MR) is 101 cm³/mol. The zero-order valence-electron chi connectivity index (χ0n) is 16.1. The Kier molecular flexibility index (Phi) is 10.6. The van der Waals surface area contributed by atoms with Crippen molar-refractivity contribution in [1.29, 1.82) is 0 Å². The van der Waals surface area contributed by atoms with Crippen LogP contribution in [0.15, 0.2) is 12.2 Å². The number of ketones is 1. The van der Waals surface area contributed by atoms with Gasteiger partial charge in [0.2, 0.25) is 0 Å². The number of Topliss-reactive ketones (excluding diaryl/α,β-unsaturated/α-hetero) is 1. The molecule has 3 N–H and O–H groups in total. The van der Waals surface area contributed by atoms with Crippen LogP contribution >= 0.6 is 0 Å². The summed E-state index contributed by atoms with van der Waals surface area (Å²) in [6.07, 6.45) is 12.9. The van der Waals surface area contributed by atoms with Crippen molar-refractivity contribution in [2.45, 2.75) is 96.2 Å². The van der Waals surface area contributed by atoms with Gasteiger partial charge in [0.05, 0.1) is 11.7 Å². The van der Waals surface area contributed by atoms with E-state index in [9.17, 15) is 15.0 Å². The molecule has 25 heavy (non-hydrogen) atoms. The molecule has 1 aliphatic carbocycles. The molecule has 0 radical (unpaired) electrons. The lowest BCUT2D eigenvalue weighted by Gasteiger charge is -2.22. The Labute approximate surface area is 153 Å². The van der Waals surface area contributed by atoms with Crippen molar-refractivity contribution in [1.82, 2.24) is 0 Å². The summed E-state index contributed by atoms with van der Waals surface area (Å²) in [6, 6.07) is 0. The molecule has 4 heteroatoms. The summed E-state index contributed by atoms with van der Waals surface area (Å²) in [5.41, 5.74) is -0.706. The highest BCUT2D eigenvalue weighted by atomic mass is 16.3. The SMILES string of the molecule is CCCCC(C)(O)CC=C[C@H]1C(O)CC(=O)[C@@H]1CCCCCCCO. The molecule has 4 atom stereocenters. The van der Waals surface area contributed by atoms with Gasteiger partial charge in [-0.25, -0.2) is 0 Å². The Morgan fingerprint density at radius 2 is 1.84 bits per heavy atom. The van der Waals surface area contributed by atoms with Gasteiger partial charge in [-0.15, -0.1) is 0 Å². The maximum atomic E-state index is 12.2. The van der Waals surface area contributed by atoms with Crippen LogP contribution in [0, 0.1) is 11.8 Å². The van der Waals surface area contributed by atoms with Crippen LogP contribution in [0.3, 0.4) is 0 Å². The summed E-state index contributed by atoms with van der Waals surface area (Å²) >= 11 is 0. The molecule has 0 aromatic heterocycles. The molecule has 146 valence electrons. The molecule has 4 nitrogen and oxygen atoms in total. The third kappa shape index (κ3) is 8.48. The van der Waals surface area contributed by atoms with E-state index >= 15 is 0 Å². The van der Waals surface area contributed by atoms with Gasteiger partial charge in [-0.1, -0.05) is 57.6 Å². The van der Waals surface area contributed by atoms with Gasteiger partial charge in [-0.3, -0.25) is 4.79 Å². The van der Waals surface area contributed by atoms with Crippen molar-refractivity contribution in [3.63, 3.8) is 0 Å². The van der Waals surface area contributed by atoms with Gasteiger partial charge in [-0.05, 0) is 32.6 Å². The van der Waals surface area contributed by atoms with Crippen LogP contribution in [-0.2, 0) is 4.79 Å². The Morgan fingerprint density at radius 3 is 2.52 bits per heavy atom. The predicted octanol–water partition coefficient (Wildman–Crippen LogP) is 3.77. The fraction of sp³-hybridized carbons (Fsp3) is 0.857. The molecule has 0 aromatic rings. The molecule has 0 amide bonds. The van der Waals surface area contributed by atoms with E-state index in [1.54, 1.807) is 0 Å². The number of aliphatic hydroxyl groups excluding tert-OH is 2. The highest BCUT2D eigenvalue weighted by Gasteiger charge is 2.39. The first-order valence-corrected chi connectivity index (χ1v) is 10.1. The van der Waals surface area contributed by atoms with Crippen LogP contribution in [-0.4, -0.2) is 39.4 Å². The van der Waals surface area contributed by atoms with Crippen LogP contribution in [0.25, 0.3) is 0 Å². The normalized spacial score (nSPS) is 26.4. The molecule has 0 spiro atoms. The first-order chi connectivity index (χ1) is 11.9. The Bertz CT molecular complexity index is 403. The molecular formula is C21H38O4. The maximum absolute atomic E-state index is 12.2. The van der Waals surface area contributed by atoms with Crippen LogP contribution in [0.5, 0.6) is 0 Å². The number of aliphatic hydroxyl groups is 3. The monoisotopic (exact) mass is 354 g/mol. The van der Waals surface area contributed by atoms with E-state index in [2.05, 4.69) is 6.92 Å². The van der Waals surface area contributed by atoms with E-state index in [1.165, 1.54) is 0 Å². The standard InChI is InChI=1S/C21H38O4/c1-3-4-13-21(2,25)14-10-12-18-17(19(23)16-20(18)24)11-8-6-5-7-9-15-22/h10,12,17-18,20,22,24-25H,3-9,11,13-16H2,1-2H3/t17-,18-,20?,21?/m1/s1. The lowest BCUT2D eigenvalue weighted by atomic mass is 9.87. The van der Waals surface area contributed by atoms with E-state index in [-0.39, 0.29) is 30.6 Å². The third-order valence-electron chi connectivity index (χ3n) is 5.39. The molecule has 0 heterocycles. The van der Waals surface area contributed by atoms with Crippen LogP contribution in [0.1, 0.15) is 84.5 Å². The Morgan fingerprint density at radius 1 is 1.16 bits per heavy atom. The van der Waals surface area contributed by atoms with Gasteiger partial charge in [0.1, 0.15) is 5.78 Å². The average Bonchev–Trinajstić information content (AvgIpc) is 2.82. The topological polar surface area (TPSA) is 77.8 Å². The third-order valence-corrected chi connectivity index (χ3v) is 5.39. The molecular weight excluding hydrogens is 316 g/mol. The minimum Gasteiger partial charge on any atom is -0.396 e. The summed E-state index contributed by atoms with van der Waals surface area (Å²) in [6.45, 7) is 4.22. The number of rotatable bonds is 13. The van der Waals surface area contributed by atoms with Crippen LogP contribution in [0.4, 0.5) is 0 Å². The fourth-order valence-electron chi connectivity index (χ4n) is 3.74. The average molecular weight is 355 g/mol. The van der Waals surface area contributed by atoms with Crippen molar-refractivity contribution in [2.24, 2.45) is 11.8 Å². The van der Waals surface area contributed by atoms with Crippen molar-refractivity contribution >= 4 is 5.78 Å². The highest BCUT2D eigenvalue weighted by molar-refractivity contribution is 5.84. The molecule has 0 aromatic carbocycles. The number of carbonyl (C=O) groups excluding carboxylic acids is 1. The van der Waals surface area contributed by atoms with Crippen molar-refractivity contribution in [3.8, 4) is 0 Å². The van der Waals surface area contributed by atoms with E-state index in [0.717, 1.165) is 57.8 Å². The van der Waals surface area contributed by atoms with Crippen molar-refractivity contribution < 1.29 is 20.1 Å². The lowest BCUT2D eigenvalue weighted by molar-refractivity contribution is -0.121. The van der Waals surface area contributed by atoms with E-state index < -0.39 is 11.7 Å². The minimum absolute atomic E-state index is 0.0790. The van der Waals surface area contributed by atoms with Gasteiger partial charge >= 0.3 is 0 Å². The summed E-state index contributed by atoms with van der Waals surface area (Å²) in [7, 11) is 0. The minimum atomic E-state index is -0.706. The quantitative estimate of drug-likeness (QED) is 0.347. The number of unbranched alkanes of at least 4 members (excludes halogenated alkanes) is 5. The number of carbonyl (C=O) groups is 1. The van der Waals surface area contributed by atoms with Gasteiger partial charge in [0.25, 0.3) is 0 Å². The molecule has 1 saturated carbocycles. The summed E-state index contributed by atoms with van der Waals surface area (Å²) < 4.78 is 0. The van der Waals surface area contributed by atoms with Gasteiger partial charge in [-0.2, -0.15) is 0 Å². The summed E-state index contributed by atoms with van der Waals surface area (Å²) in [4.78, 5) is 12.2. The van der Waals surface area contributed by atoms with Gasteiger partial charge < -0.3 is 15.3 Å². The van der Waals surface area contributed by atoms with Crippen LogP contribution < -0.4 is 0 Å². The first-order valence-electron chi connectivity index (χ1n) is 10.1. The first kappa shape index (κ1) is 22.3. The second-order valence-electron chi connectivity index (χ2n) is 7.93. The van der Waals surface area contributed by atoms with Crippen molar-refractivity contribution in [2.75, 3.05) is 6.61 Å². The van der Waals surface area contributed by atoms with E-state index in [4.69, 9.17) is 5.11 Å². The molecule has 0 aliphatic heterocycles. The Balaban J connectivity index is 2.45. The van der Waals surface area contributed by atoms with E-state index in [1.807, 2.05) is 19.1 Å². The zero-order chi connectivity index (χ0) is 18.7. The van der Waals surface area contributed by atoms with Crippen molar-refractivity contribution in [3.05, 3.63) is 12.2 Å². The molecule has 1 aliphatic rings. The highest BCUT2D eigenvalue weighted by Crippen LogP contribution is 2.34. The summed E-state index contributed by atoms with van der Waals surface area (Å²) in [5, 5.41) is 29.3. The second kappa shape index (κ2) is 11.8. The maximum Gasteiger partial charge on any atom is 0.139 e. The number of hydrogen-bond donors (Lipinski definition) is 3. The molecule has 0 bridgehead atoms. The van der Waals surface area contributed by atoms with E-state index in [0.29, 0.717) is 6.42 Å². The van der Waals surface area contributed by atoms with Gasteiger partial charge in [0.15, 0.2) is 0 Å². The number of hydrogen-bond acceptors (Lipinski definition) is 4. The van der Waals surface area contributed by atoms with Gasteiger partial charge in [0, 0.05) is 24.9 Å². The zero-order valence-corrected chi connectivity index (χ0v) is 16.1. The smallest absolute Gasteiger partial charge is 0.139 e. The molecule has 1 fully saturated rings. The Hall–Kier alpha value is -0.710. The largest absolute Gasteiger partial charge is 0.396 e. The fourth-order valence-corrected chi connectivity index (χ4v) is 3.74. The molecule has 1 rings (SSSR count). The summed E-state index contributed by atoms with van der Waals surface area (Å²) in [5.74, 6) is -0.00755. The second-order valence-corrected chi connectivity index (χ2v) is 7.93. The molecule has 2 unspecified atom stereocenters.